The van der Waals surface area contributed by atoms with Gasteiger partial charge in [-0.3, -0.25) is 0 Å². The van der Waals surface area contributed by atoms with E-state index in [1.807, 2.05) is 24.3 Å². The van der Waals surface area contributed by atoms with Gasteiger partial charge in [0.15, 0.2) is 0 Å². The first-order chi connectivity index (χ1) is 7.27. The topological polar surface area (TPSA) is 0 Å². The Labute approximate surface area is 101 Å². The van der Waals surface area contributed by atoms with Gasteiger partial charge in [0.25, 0.3) is 0 Å². The van der Waals surface area contributed by atoms with Crippen molar-refractivity contribution in [2.24, 2.45) is 0 Å². The van der Waals surface area contributed by atoms with Crippen molar-refractivity contribution in [2.75, 3.05) is 0 Å². The largest absolute Gasteiger partial charge is 0.134 e. The maximum atomic E-state index is 6.20. The van der Waals surface area contributed by atoms with Gasteiger partial charge in [0.1, 0.15) is 0 Å². The molecule has 0 unspecified atom stereocenters. The van der Waals surface area contributed by atoms with Crippen molar-refractivity contribution in [3.63, 3.8) is 0 Å². The van der Waals surface area contributed by atoms with E-state index in [-0.39, 0.29) is 0 Å². The lowest BCUT2D eigenvalue weighted by Gasteiger charge is -1.96. The highest BCUT2D eigenvalue weighted by atomic mass is 35.5. The van der Waals surface area contributed by atoms with Crippen molar-refractivity contribution in [3.05, 3.63) is 46.4 Å². The zero-order chi connectivity index (χ0) is 10.4. The highest BCUT2D eigenvalue weighted by Gasteiger charge is 2.10. The van der Waals surface area contributed by atoms with E-state index in [1.54, 1.807) is 11.3 Å². The Hall–Kier alpha value is -0.760. The molecule has 0 aliphatic heterocycles. The highest BCUT2D eigenvalue weighted by Crippen LogP contribution is 2.41. The average Bonchev–Trinajstić information content (AvgIpc) is 2.64. The molecule has 0 fully saturated rings. The van der Waals surface area contributed by atoms with Gasteiger partial charge in [-0.1, -0.05) is 41.4 Å². The molecular weight excluding hydrogens is 247 g/mol. The number of benzene rings is 2. The summed E-state index contributed by atoms with van der Waals surface area (Å²) in [6, 6.07) is 11.9. The van der Waals surface area contributed by atoms with E-state index < -0.39 is 0 Å². The predicted molar refractivity (Wildman–Crippen MR) is 69.4 cm³/mol. The molecule has 3 aromatic rings. The van der Waals surface area contributed by atoms with Crippen LogP contribution in [-0.2, 0) is 0 Å². The molecule has 0 bridgehead atoms. The number of fused-ring (bicyclic) bond motifs is 3. The van der Waals surface area contributed by atoms with Gasteiger partial charge in [-0.2, -0.15) is 0 Å². The second-order valence-corrected chi connectivity index (χ2v) is 5.20. The molecule has 0 N–H and O–H groups in total. The fourth-order valence-electron chi connectivity index (χ4n) is 1.76. The van der Waals surface area contributed by atoms with Gasteiger partial charge < -0.3 is 0 Å². The molecule has 15 heavy (non-hydrogen) atoms. The minimum Gasteiger partial charge on any atom is -0.134 e. The SMILES string of the molecule is Clc1ccc(Cl)c2c1sc1ccccc12. The first kappa shape index (κ1) is 9.46. The van der Waals surface area contributed by atoms with Crippen molar-refractivity contribution in [1.29, 1.82) is 0 Å². The van der Waals surface area contributed by atoms with Gasteiger partial charge in [0, 0.05) is 20.5 Å². The number of rotatable bonds is 0. The molecular formula is C12H6Cl2S. The molecule has 0 radical (unpaired) electrons. The van der Waals surface area contributed by atoms with Crippen LogP contribution in [0.4, 0.5) is 0 Å². The number of hydrogen-bond donors (Lipinski definition) is 0. The second kappa shape index (κ2) is 3.38. The monoisotopic (exact) mass is 252 g/mol. The van der Waals surface area contributed by atoms with Gasteiger partial charge in [-0.25, -0.2) is 0 Å². The van der Waals surface area contributed by atoms with E-state index in [0.717, 1.165) is 20.1 Å². The second-order valence-electron chi connectivity index (χ2n) is 3.33. The van der Waals surface area contributed by atoms with Crippen LogP contribution >= 0.6 is 34.5 Å². The third kappa shape index (κ3) is 1.35. The van der Waals surface area contributed by atoms with Crippen LogP contribution < -0.4 is 0 Å². The fraction of sp³-hybridized carbons (Fsp3) is 0. The third-order valence-corrected chi connectivity index (χ3v) is 4.37. The van der Waals surface area contributed by atoms with Crippen molar-refractivity contribution < 1.29 is 0 Å². The summed E-state index contributed by atoms with van der Waals surface area (Å²) in [5.41, 5.74) is 0. The van der Waals surface area contributed by atoms with Crippen molar-refractivity contribution in [1.82, 2.24) is 0 Å². The predicted octanol–water partition coefficient (Wildman–Crippen LogP) is 5.36. The van der Waals surface area contributed by atoms with E-state index >= 15 is 0 Å². The molecule has 0 spiro atoms. The maximum absolute atomic E-state index is 6.20. The van der Waals surface area contributed by atoms with Crippen molar-refractivity contribution in [2.45, 2.75) is 0 Å². The maximum Gasteiger partial charge on any atom is 0.0585 e. The van der Waals surface area contributed by atoms with E-state index in [2.05, 4.69) is 12.1 Å². The van der Waals surface area contributed by atoms with Crippen LogP contribution in [0, 0.1) is 0 Å². The lowest BCUT2D eigenvalue weighted by molar-refractivity contribution is 1.83. The summed E-state index contributed by atoms with van der Waals surface area (Å²) in [5, 5.41) is 3.80. The first-order valence-electron chi connectivity index (χ1n) is 4.52. The van der Waals surface area contributed by atoms with Crippen molar-refractivity contribution in [3.8, 4) is 0 Å². The zero-order valence-electron chi connectivity index (χ0n) is 7.63. The molecule has 0 saturated heterocycles. The molecule has 1 heterocycles. The lowest BCUT2D eigenvalue weighted by Crippen LogP contribution is -1.69. The smallest absolute Gasteiger partial charge is 0.0585 e. The summed E-state index contributed by atoms with van der Waals surface area (Å²) < 4.78 is 2.30. The normalized spacial score (nSPS) is 11.3. The number of thiophene rings is 1. The summed E-state index contributed by atoms with van der Waals surface area (Å²) in [4.78, 5) is 0. The van der Waals surface area contributed by atoms with Gasteiger partial charge in [-0.05, 0) is 18.2 Å². The van der Waals surface area contributed by atoms with Crippen LogP contribution in [0.5, 0.6) is 0 Å². The summed E-state index contributed by atoms with van der Waals surface area (Å²) >= 11 is 14.0. The number of hydrogen-bond acceptors (Lipinski definition) is 1. The standard InChI is InChI=1S/C12H6Cl2S/c13-8-5-6-9(14)12-11(8)7-3-1-2-4-10(7)15-12/h1-6H. The summed E-state index contributed by atoms with van der Waals surface area (Å²) in [5.74, 6) is 0. The molecule has 0 amide bonds. The molecule has 0 aliphatic carbocycles. The van der Waals surface area contributed by atoms with Crippen LogP contribution in [0.3, 0.4) is 0 Å². The Morgan fingerprint density at radius 3 is 2.47 bits per heavy atom. The van der Waals surface area contributed by atoms with Gasteiger partial charge in [0.2, 0.25) is 0 Å². The minimum absolute atomic E-state index is 0.770. The van der Waals surface area contributed by atoms with E-state index in [1.165, 1.54) is 10.1 Å². The summed E-state index contributed by atoms with van der Waals surface area (Å²) in [6.07, 6.45) is 0. The molecule has 0 saturated carbocycles. The lowest BCUT2D eigenvalue weighted by atomic mass is 10.1. The molecule has 1 aromatic heterocycles. The van der Waals surface area contributed by atoms with Crippen LogP contribution in [0.1, 0.15) is 0 Å². The summed E-state index contributed by atoms with van der Waals surface area (Å²) in [7, 11) is 0. The van der Waals surface area contributed by atoms with E-state index in [4.69, 9.17) is 23.2 Å². The first-order valence-corrected chi connectivity index (χ1v) is 6.10. The Bertz CT molecular complexity index is 655. The van der Waals surface area contributed by atoms with Crippen LogP contribution in [0.25, 0.3) is 20.2 Å². The Morgan fingerprint density at radius 2 is 1.60 bits per heavy atom. The van der Waals surface area contributed by atoms with Crippen LogP contribution in [-0.4, -0.2) is 0 Å². The molecule has 0 nitrogen and oxygen atoms in total. The molecule has 0 atom stereocenters. The van der Waals surface area contributed by atoms with Crippen LogP contribution in [0.15, 0.2) is 36.4 Å². The third-order valence-electron chi connectivity index (χ3n) is 2.43. The minimum atomic E-state index is 0.770. The molecule has 74 valence electrons. The quantitative estimate of drug-likeness (QED) is 0.505. The van der Waals surface area contributed by atoms with Gasteiger partial charge in [-0.15, -0.1) is 11.3 Å². The Kier molecular flexibility index (Phi) is 2.13. The number of halogens is 2. The molecule has 0 aliphatic rings. The molecule has 3 heteroatoms. The highest BCUT2D eigenvalue weighted by molar-refractivity contribution is 7.26. The average molecular weight is 253 g/mol. The van der Waals surface area contributed by atoms with E-state index in [0.29, 0.717) is 0 Å². The van der Waals surface area contributed by atoms with Crippen LogP contribution in [0.2, 0.25) is 10.0 Å². The fourth-order valence-corrected chi connectivity index (χ4v) is 3.48. The summed E-state index contributed by atoms with van der Waals surface area (Å²) in [6.45, 7) is 0. The van der Waals surface area contributed by atoms with Gasteiger partial charge in [0.05, 0.1) is 9.72 Å². The molecule has 3 rings (SSSR count). The van der Waals surface area contributed by atoms with E-state index in [9.17, 15) is 0 Å². The molecule has 2 aromatic carbocycles. The van der Waals surface area contributed by atoms with Crippen molar-refractivity contribution >= 4 is 54.7 Å². The Balaban J connectivity index is 2.66. The zero-order valence-corrected chi connectivity index (χ0v) is 9.96. The Morgan fingerprint density at radius 1 is 0.867 bits per heavy atom. The van der Waals surface area contributed by atoms with Gasteiger partial charge >= 0.3 is 0 Å².